The van der Waals surface area contributed by atoms with Gasteiger partial charge in [0.25, 0.3) is 5.91 Å². The first-order valence-corrected chi connectivity index (χ1v) is 9.40. The number of carbonyl (C=O) groups excluding carboxylic acids is 2. The minimum absolute atomic E-state index is 0.0420. The molecule has 0 N–H and O–H groups in total. The van der Waals surface area contributed by atoms with E-state index in [9.17, 15) is 18.0 Å². The first kappa shape index (κ1) is 18.3. The van der Waals surface area contributed by atoms with E-state index in [1.807, 2.05) is 19.1 Å². The summed E-state index contributed by atoms with van der Waals surface area (Å²) in [7, 11) is -1.55. The molecule has 0 spiro atoms. The lowest BCUT2D eigenvalue weighted by Gasteiger charge is -2.23. The number of sulfone groups is 1. The number of aryl methyl sites for hydroxylation is 1. The summed E-state index contributed by atoms with van der Waals surface area (Å²) >= 11 is 0. The number of hydrogen-bond acceptors (Lipinski definition) is 6. The summed E-state index contributed by atoms with van der Waals surface area (Å²) in [5, 5.41) is 0. The van der Waals surface area contributed by atoms with Gasteiger partial charge in [-0.05, 0) is 31.0 Å². The highest BCUT2D eigenvalue weighted by molar-refractivity contribution is 7.91. The second-order valence-corrected chi connectivity index (χ2v) is 8.06. The van der Waals surface area contributed by atoms with Crippen LogP contribution in [-0.4, -0.2) is 63.0 Å². The fraction of sp³-hybridized carbons (Fsp3) is 0.500. The van der Waals surface area contributed by atoms with Gasteiger partial charge in [0.1, 0.15) is 5.75 Å². The number of likely N-dealkylation sites (N-methyl/N-ethyl adjacent to an activating group) is 1. The smallest absolute Gasteiger partial charge is 0.344 e. The van der Waals surface area contributed by atoms with E-state index in [-0.39, 0.29) is 24.2 Å². The average Bonchev–Trinajstić information content (AvgIpc) is 2.90. The van der Waals surface area contributed by atoms with Crippen molar-refractivity contribution < 1.29 is 27.5 Å². The lowest BCUT2D eigenvalue weighted by Crippen LogP contribution is -2.40. The third-order valence-electron chi connectivity index (χ3n) is 3.85. The minimum Gasteiger partial charge on any atom is -0.482 e. The van der Waals surface area contributed by atoms with Gasteiger partial charge in [0.15, 0.2) is 23.1 Å². The fourth-order valence-corrected chi connectivity index (χ4v) is 4.19. The molecule has 24 heavy (non-hydrogen) atoms. The van der Waals surface area contributed by atoms with Gasteiger partial charge in [0.2, 0.25) is 0 Å². The third-order valence-corrected chi connectivity index (χ3v) is 5.60. The van der Waals surface area contributed by atoms with E-state index in [0.717, 1.165) is 5.56 Å². The van der Waals surface area contributed by atoms with Crippen molar-refractivity contribution in [1.82, 2.24) is 4.90 Å². The molecule has 1 fully saturated rings. The zero-order valence-electron chi connectivity index (χ0n) is 13.7. The Bertz CT molecular complexity index is 715. The molecule has 1 aromatic rings. The fourth-order valence-electron chi connectivity index (χ4n) is 2.42. The Balaban J connectivity index is 1.74. The molecule has 1 aliphatic rings. The lowest BCUT2D eigenvalue weighted by molar-refractivity contribution is -0.153. The summed E-state index contributed by atoms with van der Waals surface area (Å²) in [6.07, 6.45) is 0.412. The van der Waals surface area contributed by atoms with Crippen molar-refractivity contribution in [3.05, 3.63) is 29.8 Å². The van der Waals surface area contributed by atoms with E-state index in [1.54, 1.807) is 12.1 Å². The summed E-state index contributed by atoms with van der Waals surface area (Å²) in [4.78, 5) is 24.9. The summed E-state index contributed by atoms with van der Waals surface area (Å²) in [6.45, 7) is 1.18. The predicted octanol–water partition coefficient (Wildman–Crippen LogP) is 0.563. The van der Waals surface area contributed by atoms with Gasteiger partial charge in [-0.2, -0.15) is 0 Å². The van der Waals surface area contributed by atoms with Crippen LogP contribution in [0, 0.1) is 6.92 Å². The highest BCUT2D eigenvalue weighted by Crippen LogP contribution is 2.16. The normalized spacial score (nSPS) is 18.8. The van der Waals surface area contributed by atoms with Gasteiger partial charge in [-0.3, -0.25) is 4.79 Å². The standard InChI is InChI=1S/C16H21NO6S/c1-12-4-3-5-14(8-12)22-10-16(19)23-9-15(18)17(2)13-6-7-24(20,21)11-13/h3-5,8,13H,6-7,9-11H2,1-2H3/t13-/m1/s1. The van der Waals surface area contributed by atoms with Crippen molar-refractivity contribution in [2.75, 3.05) is 31.8 Å². The molecule has 1 atom stereocenters. The first-order chi connectivity index (χ1) is 11.3. The van der Waals surface area contributed by atoms with Gasteiger partial charge < -0.3 is 14.4 Å². The summed E-state index contributed by atoms with van der Waals surface area (Å²) in [5.41, 5.74) is 1.00. The molecule has 1 saturated heterocycles. The molecular weight excluding hydrogens is 334 g/mol. The van der Waals surface area contributed by atoms with Crippen LogP contribution in [0.25, 0.3) is 0 Å². The molecule has 1 heterocycles. The number of esters is 1. The number of ether oxygens (including phenoxy) is 2. The number of rotatable bonds is 6. The minimum atomic E-state index is -3.07. The van der Waals surface area contributed by atoms with Crippen molar-refractivity contribution in [2.24, 2.45) is 0 Å². The number of benzene rings is 1. The van der Waals surface area contributed by atoms with Crippen molar-refractivity contribution in [1.29, 1.82) is 0 Å². The molecule has 7 nitrogen and oxygen atoms in total. The molecule has 0 saturated carbocycles. The van der Waals surface area contributed by atoms with Crippen molar-refractivity contribution >= 4 is 21.7 Å². The van der Waals surface area contributed by atoms with Crippen LogP contribution < -0.4 is 4.74 Å². The van der Waals surface area contributed by atoms with Gasteiger partial charge in [-0.15, -0.1) is 0 Å². The molecular formula is C16H21NO6S. The van der Waals surface area contributed by atoms with E-state index in [4.69, 9.17) is 9.47 Å². The maximum atomic E-state index is 12.0. The quantitative estimate of drug-likeness (QED) is 0.693. The molecule has 1 aromatic carbocycles. The molecule has 0 aliphatic carbocycles. The Hall–Kier alpha value is -2.09. The summed E-state index contributed by atoms with van der Waals surface area (Å²) in [5.74, 6) is -0.496. The molecule has 1 aliphatic heterocycles. The second kappa shape index (κ2) is 7.65. The predicted molar refractivity (Wildman–Crippen MR) is 87.5 cm³/mol. The number of nitrogens with zero attached hydrogens (tertiary/aromatic N) is 1. The Morgan fingerprint density at radius 1 is 1.29 bits per heavy atom. The average molecular weight is 355 g/mol. The van der Waals surface area contributed by atoms with E-state index < -0.39 is 28.3 Å². The van der Waals surface area contributed by atoms with Gasteiger partial charge in [-0.25, -0.2) is 13.2 Å². The summed E-state index contributed by atoms with van der Waals surface area (Å²) < 4.78 is 33.0. The molecule has 0 aromatic heterocycles. The van der Waals surface area contributed by atoms with Crippen LogP contribution in [0.15, 0.2) is 24.3 Å². The Kier molecular flexibility index (Phi) is 5.82. The van der Waals surface area contributed by atoms with Crippen LogP contribution in [0.1, 0.15) is 12.0 Å². The maximum absolute atomic E-state index is 12.0. The Morgan fingerprint density at radius 3 is 2.67 bits per heavy atom. The number of carbonyl (C=O) groups is 2. The van der Waals surface area contributed by atoms with Gasteiger partial charge in [0.05, 0.1) is 11.5 Å². The molecule has 132 valence electrons. The van der Waals surface area contributed by atoms with Crippen molar-refractivity contribution in [3.63, 3.8) is 0 Å². The van der Waals surface area contributed by atoms with Crippen LogP contribution in [0.2, 0.25) is 0 Å². The van der Waals surface area contributed by atoms with E-state index in [1.165, 1.54) is 11.9 Å². The van der Waals surface area contributed by atoms with E-state index in [0.29, 0.717) is 12.2 Å². The van der Waals surface area contributed by atoms with Crippen molar-refractivity contribution in [2.45, 2.75) is 19.4 Å². The molecule has 0 bridgehead atoms. The zero-order chi connectivity index (χ0) is 17.7. The number of hydrogen-bond donors (Lipinski definition) is 0. The Morgan fingerprint density at radius 2 is 2.04 bits per heavy atom. The second-order valence-electron chi connectivity index (χ2n) is 5.83. The third kappa shape index (κ3) is 5.23. The molecule has 1 amide bonds. The van der Waals surface area contributed by atoms with Gasteiger partial charge >= 0.3 is 5.97 Å². The number of amides is 1. The Labute approximate surface area is 141 Å². The maximum Gasteiger partial charge on any atom is 0.344 e. The topological polar surface area (TPSA) is 90.0 Å². The SMILES string of the molecule is Cc1cccc(OCC(=O)OCC(=O)N(C)[C@@H]2CCS(=O)(=O)C2)c1. The molecule has 0 unspecified atom stereocenters. The largest absolute Gasteiger partial charge is 0.482 e. The molecule has 8 heteroatoms. The highest BCUT2D eigenvalue weighted by atomic mass is 32.2. The van der Waals surface area contributed by atoms with Crippen LogP contribution in [0.5, 0.6) is 5.75 Å². The summed E-state index contributed by atoms with van der Waals surface area (Å²) in [6, 6.07) is 6.87. The van der Waals surface area contributed by atoms with Gasteiger partial charge in [-0.1, -0.05) is 12.1 Å². The first-order valence-electron chi connectivity index (χ1n) is 7.58. The monoisotopic (exact) mass is 355 g/mol. The lowest BCUT2D eigenvalue weighted by atomic mass is 10.2. The highest BCUT2D eigenvalue weighted by Gasteiger charge is 2.32. The van der Waals surface area contributed by atoms with E-state index in [2.05, 4.69) is 0 Å². The van der Waals surface area contributed by atoms with Crippen LogP contribution >= 0.6 is 0 Å². The van der Waals surface area contributed by atoms with E-state index >= 15 is 0 Å². The molecule has 2 rings (SSSR count). The zero-order valence-corrected chi connectivity index (χ0v) is 14.5. The van der Waals surface area contributed by atoms with Crippen molar-refractivity contribution in [3.8, 4) is 5.75 Å². The van der Waals surface area contributed by atoms with Crippen LogP contribution in [0.3, 0.4) is 0 Å². The van der Waals surface area contributed by atoms with Gasteiger partial charge in [0, 0.05) is 13.1 Å². The van der Waals surface area contributed by atoms with Crippen LogP contribution in [0.4, 0.5) is 0 Å². The van der Waals surface area contributed by atoms with Crippen LogP contribution in [-0.2, 0) is 24.2 Å². The molecule has 0 radical (unpaired) electrons.